The second-order valence-corrected chi connectivity index (χ2v) is 10.9. The van der Waals surface area contributed by atoms with Gasteiger partial charge in [-0.3, -0.25) is 9.98 Å². The largest absolute Gasteiger partial charge is 3.00 e. The smallest absolute Gasteiger partial charge is 1.00 e. The maximum absolute atomic E-state index is 6.55. The number of hydrogen-bond donors (Lipinski definition) is 0. The third-order valence-electron chi connectivity index (χ3n) is 7.09. The first-order valence-corrected chi connectivity index (χ1v) is 15.4. The fourth-order valence-corrected chi connectivity index (χ4v) is 5.05. The van der Waals surface area contributed by atoms with E-state index in [1.165, 1.54) is 47.9 Å². The maximum atomic E-state index is 6.55. The van der Waals surface area contributed by atoms with E-state index in [0.29, 0.717) is 5.02 Å². The summed E-state index contributed by atoms with van der Waals surface area (Å²) in [6.07, 6.45) is 17.2. The molecule has 238 valence electrons. The van der Waals surface area contributed by atoms with E-state index in [1.807, 2.05) is 24.6 Å². The maximum Gasteiger partial charge on any atom is 3.00 e. The number of rotatable bonds is 16. The van der Waals surface area contributed by atoms with Gasteiger partial charge in [-0.2, -0.15) is 0 Å². The Hall–Kier alpha value is -1.40. The number of nitrogens with zero attached hydrogens (tertiary/aromatic N) is 3. The number of aromatic nitrogens is 1. The number of aryl methyl sites for hydroxylation is 4. The van der Waals surface area contributed by atoms with Crippen molar-refractivity contribution in [1.82, 2.24) is 4.98 Å². The Morgan fingerprint density at radius 3 is 1.16 bits per heavy atom. The summed E-state index contributed by atoms with van der Waals surface area (Å²) in [6.45, 7) is 8.94. The zero-order valence-electron chi connectivity index (χ0n) is 25.9. The Bertz CT molecular complexity index is 1100. The number of pyridine rings is 1. The first-order chi connectivity index (χ1) is 19.1. The average molecular weight is 710 g/mol. The summed E-state index contributed by atoms with van der Waals surface area (Å²) >= 11 is 6.55. The Labute approximate surface area is 294 Å². The molecular weight excluding hydrogens is 663 g/mol. The summed E-state index contributed by atoms with van der Waals surface area (Å²) < 4.78 is 0. The van der Waals surface area contributed by atoms with Crippen LogP contribution in [0.2, 0.25) is 5.02 Å². The topological polar surface area (TPSA) is 37.6 Å². The molecule has 0 N–H and O–H groups in total. The van der Waals surface area contributed by atoms with E-state index in [4.69, 9.17) is 26.6 Å². The molecule has 0 unspecified atom stereocenters. The average Bonchev–Trinajstić information content (AvgIpc) is 2.95. The van der Waals surface area contributed by atoms with Gasteiger partial charge < -0.3 is 37.2 Å². The van der Waals surface area contributed by atoms with Crippen molar-refractivity contribution in [2.24, 2.45) is 9.98 Å². The Balaban J connectivity index is 0. The predicted molar refractivity (Wildman–Crippen MR) is 171 cm³/mol. The molecule has 0 fully saturated rings. The molecule has 0 atom stereocenters. The normalized spacial score (nSPS) is 10.6. The standard InChI is InChI=1S/C35H46ClN3.3ClH.Co/c1-5-9-15-27-19-13-20-28(16-10-6-2)34(27)37-25-32-23-31(36)24-33(39-32)26-38-35-29(17-11-7-3)21-14-22-30(35)18-12-8-4;;;;/h13-14,19-26H,5-12,15-18H2,1-4H3;3*1H;/q;;;;+3/p-3. The molecule has 0 radical (unpaired) electrons. The minimum atomic E-state index is 0. The second-order valence-electron chi connectivity index (χ2n) is 10.4. The first-order valence-electron chi connectivity index (χ1n) is 15.1. The van der Waals surface area contributed by atoms with Gasteiger partial charge in [0.05, 0.1) is 35.2 Å². The van der Waals surface area contributed by atoms with Gasteiger partial charge >= 0.3 is 16.8 Å². The van der Waals surface area contributed by atoms with Crippen LogP contribution in [0.5, 0.6) is 0 Å². The van der Waals surface area contributed by atoms with Crippen molar-refractivity contribution in [2.45, 2.75) is 105 Å². The van der Waals surface area contributed by atoms with Gasteiger partial charge in [-0.1, -0.05) is 101 Å². The van der Waals surface area contributed by atoms with Crippen LogP contribution in [-0.2, 0) is 42.5 Å². The zero-order valence-corrected chi connectivity index (χ0v) is 30.0. The fourth-order valence-electron chi connectivity index (χ4n) is 4.83. The molecular formula is C35H46Cl4CoN3. The van der Waals surface area contributed by atoms with E-state index in [2.05, 4.69) is 64.1 Å². The van der Waals surface area contributed by atoms with Gasteiger partial charge in [-0.15, -0.1) is 0 Å². The van der Waals surface area contributed by atoms with Crippen LogP contribution < -0.4 is 37.2 Å². The van der Waals surface area contributed by atoms with Crippen molar-refractivity contribution in [3.05, 3.63) is 87.2 Å². The molecule has 1 aromatic heterocycles. The van der Waals surface area contributed by atoms with Gasteiger partial charge in [-0.25, -0.2) is 4.98 Å². The van der Waals surface area contributed by atoms with Crippen molar-refractivity contribution in [3.8, 4) is 0 Å². The quantitative estimate of drug-likeness (QED) is 0.209. The molecule has 8 heteroatoms. The molecule has 0 bridgehead atoms. The summed E-state index contributed by atoms with van der Waals surface area (Å²) in [7, 11) is 0. The second kappa shape index (κ2) is 24.9. The van der Waals surface area contributed by atoms with Gasteiger partial charge in [-0.05, 0) is 85.8 Å². The molecule has 1 heterocycles. The van der Waals surface area contributed by atoms with Gasteiger partial charge in [0.1, 0.15) is 0 Å². The van der Waals surface area contributed by atoms with Crippen molar-refractivity contribution in [2.75, 3.05) is 0 Å². The Morgan fingerprint density at radius 2 is 0.884 bits per heavy atom. The number of aliphatic imine (C=N–C) groups is 2. The third kappa shape index (κ3) is 14.5. The van der Waals surface area contributed by atoms with Gasteiger partial charge in [0, 0.05) is 5.02 Å². The van der Waals surface area contributed by atoms with Crippen LogP contribution in [0.1, 0.15) is 113 Å². The summed E-state index contributed by atoms with van der Waals surface area (Å²) in [4.78, 5) is 14.8. The van der Waals surface area contributed by atoms with E-state index in [1.54, 1.807) is 0 Å². The summed E-state index contributed by atoms with van der Waals surface area (Å²) in [5.74, 6) is 0. The molecule has 0 saturated heterocycles. The van der Waals surface area contributed by atoms with Crippen molar-refractivity contribution in [3.63, 3.8) is 0 Å². The van der Waals surface area contributed by atoms with Gasteiger partial charge in [0.25, 0.3) is 0 Å². The zero-order chi connectivity index (χ0) is 27.9. The molecule has 0 aliphatic rings. The van der Waals surface area contributed by atoms with Crippen LogP contribution in [0.4, 0.5) is 11.4 Å². The Morgan fingerprint density at radius 1 is 0.581 bits per heavy atom. The van der Waals surface area contributed by atoms with E-state index >= 15 is 0 Å². The molecule has 0 amide bonds. The van der Waals surface area contributed by atoms with Crippen molar-refractivity contribution < 1.29 is 54.0 Å². The molecule has 0 aliphatic carbocycles. The minimum absolute atomic E-state index is 0. The molecule has 2 aromatic carbocycles. The molecule has 43 heavy (non-hydrogen) atoms. The summed E-state index contributed by atoms with van der Waals surface area (Å²) in [6, 6.07) is 17.0. The summed E-state index contributed by atoms with van der Waals surface area (Å²) in [5, 5.41) is 0.642. The van der Waals surface area contributed by atoms with Gasteiger partial charge in [0.2, 0.25) is 0 Å². The molecule has 3 nitrogen and oxygen atoms in total. The molecule has 3 aromatic rings. The van der Waals surface area contributed by atoms with E-state index < -0.39 is 0 Å². The van der Waals surface area contributed by atoms with Crippen LogP contribution in [0.15, 0.2) is 58.5 Å². The van der Waals surface area contributed by atoms with Crippen molar-refractivity contribution in [1.29, 1.82) is 0 Å². The molecule has 0 aliphatic heterocycles. The predicted octanol–water partition coefficient (Wildman–Crippen LogP) is 1.62. The number of hydrogen-bond acceptors (Lipinski definition) is 3. The van der Waals surface area contributed by atoms with Crippen LogP contribution in [0.3, 0.4) is 0 Å². The Kier molecular flexibility index (Phi) is 25.3. The van der Waals surface area contributed by atoms with E-state index in [9.17, 15) is 0 Å². The first kappa shape index (κ1) is 43.7. The molecule has 0 spiro atoms. The van der Waals surface area contributed by atoms with Crippen LogP contribution >= 0.6 is 11.6 Å². The van der Waals surface area contributed by atoms with E-state index in [0.717, 1.165) is 74.1 Å². The van der Waals surface area contributed by atoms with E-state index in [-0.39, 0.29) is 54.0 Å². The molecule has 0 saturated carbocycles. The monoisotopic (exact) mass is 707 g/mol. The van der Waals surface area contributed by atoms with Crippen LogP contribution in [0, 0.1) is 0 Å². The van der Waals surface area contributed by atoms with Crippen LogP contribution in [-0.4, -0.2) is 17.4 Å². The van der Waals surface area contributed by atoms with Gasteiger partial charge in [0.15, 0.2) is 0 Å². The summed E-state index contributed by atoms with van der Waals surface area (Å²) in [5.41, 5.74) is 8.95. The third-order valence-corrected chi connectivity index (χ3v) is 7.30. The number of para-hydroxylation sites is 2. The molecule has 3 rings (SSSR count). The van der Waals surface area contributed by atoms with Crippen molar-refractivity contribution >= 4 is 35.4 Å². The van der Waals surface area contributed by atoms with Crippen LogP contribution in [0.25, 0.3) is 0 Å². The number of halogens is 4. The minimum Gasteiger partial charge on any atom is -1.00 e. The number of unbranched alkanes of at least 4 members (excludes halogenated alkanes) is 4. The number of benzene rings is 2. The SMILES string of the molecule is CCCCc1cccc(CCCC)c1N=Cc1cc(Cl)cc(C=Nc2c(CCCC)cccc2CCCC)n1.[Cl-].[Cl-].[Cl-].[Co+3]. The fraction of sp³-hybridized carbons (Fsp3) is 0.457.